The van der Waals surface area contributed by atoms with Gasteiger partial charge in [0.25, 0.3) is 0 Å². The van der Waals surface area contributed by atoms with Crippen LogP contribution in [-0.2, 0) is 0 Å². The summed E-state index contributed by atoms with van der Waals surface area (Å²) in [5.41, 5.74) is 7.38. The van der Waals surface area contributed by atoms with Gasteiger partial charge in [0.2, 0.25) is 0 Å². The van der Waals surface area contributed by atoms with Crippen molar-refractivity contribution in [2.45, 2.75) is 72.6 Å². The summed E-state index contributed by atoms with van der Waals surface area (Å²) in [6.45, 7) is 17.1. The van der Waals surface area contributed by atoms with E-state index in [2.05, 4.69) is 87.6 Å². The Labute approximate surface area is 208 Å². The third kappa shape index (κ3) is 9.87. The maximum absolute atomic E-state index is 5.50. The Morgan fingerprint density at radius 1 is 0.971 bits per heavy atom. The molecular formula is C32H44N2. The van der Waals surface area contributed by atoms with E-state index in [1.165, 1.54) is 54.4 Å². The first-order chi connectivity index (χ1) is 16.5. The summed E-state index contributed by atoms with van der Waals surface area (Å²) >= 11 is 0. The summed E-state index contributed by atoms with van der Waals surface area (Å²) in [6, 6.07) is 15.4. The highest BCUT2D eigenvalue weighted by atomic mass is 14.7. The molecule has 1 fully saturated rings. The topological polar surface area (TPSA) is 36.2 Å². The van der Waals surface area contributed by atoms with Crippen molar-refractivity contribution in [1.29, 1.82) is 5.41 Å². The number of aryl methyl sites for hydroxylation is 2. The van der Waals surface area contributed by atoms with Crippen LogP contribution in [0.4, 0.5) is 5.69 Å². The van der Waals surface area contributed by atoms with Crippen LogP contribution in [0.25, 0.3) is 5.57 Å². The molecular weight excluding hydrogens is 412 g/mol. The van der Waals surface area contributed by atoms with Crippen molar-refractivity contribution < 1.29 is 0 Å². The van der Waals surface area contributed by atoms with Crippen molar-refractivity contribution >= 4 is 24.2 Å². The largest absolute Gasteiger partial charge is 0.317 e. The number of allylic oxidation sites excluding steroid dienone is 5. The van der Waals surface area contributed by atoms with Gasteiger partial charge in [-0.1, -0.05) is 80.6 Å². The number of benzene rings is 2. The Morgan fingerprint density at radius 2 is 1.62 bits per heavy atom. The lowest BCUT2D eigenvalue weighted by Gasteiger charge is -2.28. The molecule has 0 radical (unpaired) electrons. The van der Waals surface area contributed by atoms with Crippen molar-refractivity contribution in [3.63, 3.8) is 0 Å². The zero-order valence-electron chi connectivity index (χ0n) is 22.0. The summed E-state index contributed by atoms with van der Waals surface area (Å²) in [5, 5.41) is 5.50. The average molecular weight is 457 g/mol. The third-order valence-electron chi connectivity index (χ3n) is 6.41. The van der Waals surface area contributed by atoms with Crippen LogP contribution in [0.5, 0.6) is 0 Å². The molecule has 0 amide bonds. The molecule has 0 aliphatic heterocycles. The number of hydrogen-bond acceptors (Lipinski definition) is 2. The minimum absolute atomic E-state index is 0.772. The lowest BCUT2D eigenvalue weighted by Crippen LogP contribution is -2.12. The van der Waals surface area contributed by atoms with Gasteiger partial charge in [-0.25, -0.2) is 0 Å². The molecule has 1 aliphatic rings. The molecule has 2 aromatic rings. The summed E-state index contributed by atoms with van der Waals surface area (Å²) < 4.78 is 0. The highest BCUT2D eigenvalue weighted by Gasteiger charge is 2.21. The molecule has 2 nitrogen and oxygen atoms in total. The fourth-order valence-electron chi connectivity index (χ4n) is 4.25. The van der Waals surface area contributed by atoms with E-state index in [4.69, 9.17) is 5.41 Å². The maximum Gasteiger partial charge on any atom is 0.0657 e. The normalized spacial score (nSPS) is 17.8. The first kappa shape index (κ1) is 29.0. The molecule has 182 valence electrons. The predicted molar refractivity (Wildman–Crippen MR) is 154 cm³/mol. The number of nitrogens with zero attached hydrogens (tertiary/aromatic N) is 1. The van der Waals surface area contributed by atoms with E-state index >= 15 is 0 Å². The molecule has 0 spiro atoms. The summed E-state index contributed by atoms with van der Waals surface area (Å²) in [7, 11) is 0. The molecule has 0 aromatic heterocycles. The molecule has 0 bridgehead atoms. The molecule has 34 heavy (non-hydrogen) atoms. The zero-order chi connectivity index (χ0) is 25.3. The second-order valence-corrected chi connectivity index (χ2v) is 8.84. The van der Waals surface area contributed by atoms with Crippen molar-refractivity contribution in [1.82, 2.24) is 0 Å². The van der Waals surface area contributed by atoms with Gasteiger partial charge in [-0.2, -0.15) is 0 Å². The van der Waals surface area contributed by atoms with Gasteiger partial charge in [0.15, 0.2) is 0 Å². The quantitative estimate of drug-likeness (QED) is 0.332. The Hall–Kier alpha value is -3.00. The van der Waals surface area contributed by atoms with Crippen molar-refractivity contribution in [3.8, 4) is 0 Å². The fraction of sp³-hybridized carbons (Fsp3) is 0.375. The minimum Gasteiger partial charge on any atom is -0.317 e. The maximum atomic E-state index is 5.50. The lowest BCUT2D eigenvalue weighted by atomic mass is 9.77. The van der Waals surface area contributed by atoms with Crippen LogP contribution in [0.2, 0.25) is 0 Å². The molecule has 0 saturated heterocycles. The average Bonchev–Trinajstić information content (AvgIpc) is 2.88. The molecule has 0 atom stereocenters. The standard InChI is InChI=1S/C21H28.C10H13N.CH3N/c1-4-6-7-8-17(3)19-13-15-21(16-14-19)20-11-9-18(5-2)10-12-20;1-4-11-10-7-8(2)5-6-9(10)3;1-2/h4,6-8,13-16,18,20H,3,5,9-12H2,1-2H3;4-7H,1-3H3;2H,1H2/b6-4-,8-7-;;. The van der Waals surface area contributed by atoms with Crippen LogP contribution in [-0.4, -0.2) is 12.9 Å². The SMILES string of the molecule is C=C(/C=C\C=C/C)c1ccc(C2CCC(CC)CC2)cc1.C=N.CC=Nc1cc(C)ccc1C. The molecule has 2 aromatic carbocycles. The highest BCUT2D eigenvalue weighted by molar-refractivity contribution is 5.72. The lowest BCUT2D eigenvalue weighted by molar-refractivity contribution is 0.319. The second kappa shape index (κ2) is 16.6. The number of nitrogens with one attached hydrogen (secondary N) is 1. The third-order valence-corrected chi connectivity index (χ3v) is 6.41. The summed E-state index contributed by atoms with van der Waals surface area (Å²) in [5.74, 6) is 1.74. The Bertz CT molecular complexity index is 939. The Morgan fingerprint density at radius 3 is 2.18 bits per heavy atom. The second-order valence-electron chi connectivity index (χ2n) is 8.84. The molecule has 1 saturated carbocycles. The smallest absolute Gasteiger partial charge is 0.0657 e. The van der Waals surface area contributed by atoms with Crippen LogP contribution in [0.1, 0.15) is 81.0 Å². The van der Waals surface area contributed by atoms with Gasteiger partial charge in [0.05, 0.1) is 5.69 Å². The van der Waals surface area contributed by atoms with E-state index in [0.717, 1.165) is 23.1 Å². The van der Waals surface area contributed by atoms with E-state index in [1.54, 1.807) is 0 Å². The van der Waals surface area contributed by atoms with E-state index in [-0.39, 0.29) is 0 Å². The van der Waals surface area contributed by atoms with Crippen molar-refractivity contribution in [2.75, 3.05) is 0 Å². The van der Waals surface area contributed by atoms with E-state index in [9.17, 15) is 0 Å². The van der Waals surface area contributed by atoms with Crippen molar-refractivity contribution in [3.05, 3.63) is 95.6 Å². The first-order valence-corrected chi connectivity index (χ1v) is 12.5. The van der Waals surface area contributed by atoms with Gasteiger partial charge >= 0.3 is 0 Å². The van der Waals surface area contributed by atoms with Gasteiger partial charge in [0, 0.05) is 6.21 Å². The Balaban J connectivity index is 0.000000374. The van der Waals surface area contributed by atoms with Crippen LogP contribution >= 0.6 is 0 Å². The van der Waals surface area contributed by atoms with Gasteiger partial charge in [0.1, 0.15) is 0 Å². The van der Waals surface area contributed by atoms with Gasteiger partial charge in [-0.05, 0) is 106 Å². The fourth-order valence-corrected chi connectivity index (χ4v) is 4.25. The van der Waals surface area contributed by atoms with E-state index < -0.39 is 0 Å². The molecule has 3 rings (SSSR count). The zero-order valence-corrected chi connectivity index (χ0v) is 22.0. The summed E-state index contributed by atoms with van der Waals surface area (Å²) in [4.78, 5) is 4.24. The van der Waals surface area contributed by atoms with Crippen LogP contribution in [0, 0.1) is 25.2 Å². The summed E-state index contributed by atoms with van der Waals surface area (Å²) in [6.07, 6.45) is 16.9. The van der Waals surface area contributed by atoms with Gasteiger partial charge in [-0.15, -0.1) is 0 Å². The molecule has 1 N–H and O–H groups in total. The molecule has 1 aliphatic carbocycles. The highest BCUT2D eigenvalue weighted by Crippen LogP contribution is 2.37. The number of hydrogen-bond donors (Lipinski definition) is 1. The number of rotatable bonds is 6. The number of aliphatic imine (C=N–C) groups is 1. The molecule has 2 heteroatoms. The van der Waals surface area contributed by atoms with Gasteiger partial charge < -0.3 is 5.41 Å². The van der Waals surface area contributed by atoms with E-state index in [0.29, 0.717) is 0 Å². The predicted octanol–water partition coefficient (Wildman–Crippen LogP) is 9.81. The van der Waals surface area contributed by atoms with Crippen LogP contribution in [0.15, 0.2) is 78.3 Å². The monoisotopic (exact) mass is 456 g/mol. The Kier molecular flexibility index (Phi) is 14.2. The molecule has 0 heterocycles. The minimum atomic E-state index is 0.772. The molecule has 0 unspecified atom stereocenters. The van der Waals surface area contributed by atoms with Gasteiger partial charge in [-0.3, -0.25) is 4.99 Å². The first-order valence-electron chi connectivity index (χ1n) is 12.5. The van der Waals surface area contributed by atoms with Crippen LogP contribution in [0.3, 0.4) is 0 Å². The van der Waals surface area contributed by atoms with E-state index in [1.807, 2.05) is 38.3 Å². The van der Waals surface area contributed by atoms with Crippen LogP contribution < -0.4 is 0 Å². The van der Waals surface area contributed by atoms with Crippen molar-refractivity contribution in [2.24, 2.45) is 10.9 Å².